The van der Waals surface area contributed by atoms with E-state index < -0.39 is 0 Å². The van der Waals surface area contributed by atoms with Gasteiger partial charge in [-0.25, -0.2) is 0 Å². The summed E-state index contributed by atoms with van der Waals surface area (Å²) in [4.78, 5) is 10.8. The normalized spacial score (nSPS) is 10.8. The van der Waals surface area contributed by atoms with Gasteiger partial charge in [-0.15, -0.1) is 0 Å². The minimum atomic E-state index is 0.356. The summed E-state index contributed by atoms with van der Waals surface area (Å²) in [6.07, 6.45) is 20.1. The van der Waals surface area contributed by atoms with Crippen molar-refractivity contribution in [2.45, 2.75) is 103 Å². The molecule has 0 aliphatic carbocycles. The molecule has 0 N–H and O–H groups in total. The van der Waals surface area contributed by atoms with Crippen molar-refractivity contribution >= 4 is 26.1 Å². The van der Waals surface area contributed by atoms with Crippen molar-refractivity contribution in [2.75, 3.05) is 0 Å². The molecule has 0 atom stereocenters. The first-order chi connectivity index (χ1) is 9.27. The molecule has 0 saturated heterocycles. The summed E-state index contributed by atoms with van der Waals surface area (Å²) in [7, 11) is 0. The van der Waals surface area contributed by atoms with E-state index in [0.717, 1.165) is 12.8 Å². The van der Waals surface area contributed by atoms with Gasteiger partial charge in [-0.2, -0.15) is 0 Å². The van der Waals surface area contributed by atoms with Crippen LogP contribution in [-0.2, 0) is 4.79 Å². The second-order valence-corrected chi connectivity index (χ2v) is 7.02. The van der Waals surface area contributed by atoms with Crippen molar-refractivity contribution in [3.05, 3.63) is 0 Å². The Labute approximate surface area is 134 Å². The molecule has 0 rings (SSSR count). The molecule has 2 heteroatoms. The fourth-order valence-corrected chi connectivity index (χ4v) is 2.88. The van der Waals surface area contributed by atoms with Crippen LogP contribution in [0.5, 0.6) is 0 Å². The molecular formula is C17H33OTe. The van der Waals surface area contributed by atoms with E-state index in [1.165, 1.54) is 83.5 Å². The molecule has 0 aromatic rings. The van der Waals surface area contributed by atoms with Crippen LogP contribution in [0.25, 0.3) is 0 Å². The van der Waals surface area contributed by atoms with Crippen LogP contribution in [0.3, 0.4) is 0 Å². The summed E-state index contributed by atoms with van der Waals surface area (Å²) in [5.74, 6) is 0. The predicted octanol–water partition coefficient (Wildman–Crippen LogP) is 5.55. The molecule has 0 spiro atoms. The third-order valence-corrected chi connectivity index (χ3v) is 4.32. The van der Waals surface area contributed by atoms with Crippen LogP contribution < -0.4 is 0 Å². The summed E-state index contributed by atoms with van der Waals surface area (Å²) >= 11 is 1.63. The molecule has 0 aliphatic heterocycles. The van der Waals surface area contributed by atoms with Crippen LogP contribution in [0.2, 0.25) is 0 Å². The fourth-order valence-electron chi connectivity index (χ4n) is 2.46. The van der Waals surface area contributed by atoms with Gasteiger partial charge >= 0.3 is 102 Å². The Bertz CT molecular complexity index is 192. The van der Waals surface area contributed by atoms with Gasteiger partial charge in [-0.1, -0.05) is 32.6 Å². The second-order valence-electron chi connectivity index (χ2n) is 5.72. The first-order valence-corrected chi connectivity index (χ1v) is 9.63. The van der Waals surface area contributed by atoms with Gasteiger partial charge in [0.2, 0.25) is 0 Å². The Hall–Kier alpha value is 0.460. The number of carbonyl (C=O) groups excluding carboxylic acids is 1. The third kappa shape index (κ3) is 18.5. The van der Waals surface area contributed by atoms with Crippen molar-refractivity contribution in [3.63, 3.8) is 0 Å². The quantitative estimate of drug-likeness (QED) is 0.269. The summed E-state index contributed by atoms with van der Waals surface area (Å²) in [6, 6.07) is 0. The number of rotatable bonds is 15. The monoisotopic (exact) mass is 383 g/mol. The second kappa shape index (κ2) is 16.5. The molecule has 0 bridgehead atoms. The van der Waals surface area contributed by atoms with Gasteiger partial charge in [0, 0.05) is 0 Å². The molecule has 0 aromatic heterocycles. The van der Waals surface area contributed by atoms with Gasteiger partial charge in [-0.3, -0.25) is 0 Å². The molecule has 0 fully saturated rings. The average Bonchev–Trinajstić information content (AvgIpc) is 2.39. The van der Waals surface area contributed by atoms with E-state index in [1.807, 2.05) is 0 Å². The maximum atomic E-state index is 10.8. The van der Waals surface area contributed by atoms with E-state index in [4.69, 9.17) is 0 Å². The first-order valence-electron chi connectivity index (χ1n) is 8.47. The molecule has 0 heterocycles. The molecule has 0 aliphatic rings. The zero-order valence-corrected chi connectivity index (χ0v) is 15.3. The molecule has 113 valence electrons. The molecular weight excluding hydrogens is 348 g/mol. The Kier molecular flexibility index (Phi) is 16.9. The summed E-state index contributed by atoms with van der Waals surface area (Å²) in [5, 5.41) is 0. The molecule has 0 unspecified atom stereocenters. The van der Waals surface area contributed by atoms with Gasteiger partial charge in [0.1, 0.15) is 0 Å². The fraction of sp³-hybridized carbons (Fsp3) is 0.941. The van der Waals surface area contributed by atoms with E-state index in [-0.39, 0.29) is 0 Å². The van der Waals surface area contributed by atoms with E-state index in [9.17, 15) is 4.79 Å². The van der Waals surface area contributed by atoms with E-state index in [0.29, 0.717) is 3.83 Å². The first kappa shape index (κ1) is 19.5. The van der Waals surface area contributed by atoms with Gasteiger partial charge in [0.15, 0.2) is 0 Å². The zero-order valence-electron chi connectivity index (χ0n) is 12.9. The van der Waals surface area contributed by atoms with Gasteiger partial charge in [-0.05, 0) is 0 Å². The third-order valence-electron chi connectivity index (χ3n) is 3.73. The van der Waals surface area contributed by atoms with Gasteiger partial charge in [0.05, 0.1) is 0 Å². The molecule has 1 radical (unpaired) electrons. The van der Waals surface area contributed by atoms with Crippen molar-refractivity contribution in [1.29, 1.82) is 0 Å². The topological polar surface area (TPSA) is 17.1 Å². The molecule has 19 heavy (non-hydrogen) atoms. The zero-order chi connectivity index (χ0) is 14.2. The van der Waals surface area contributed by atoms with Crippen molar-refractivity contribution in [1.82, 2.24) is 0 Å². The van der Waals surface area contributed by atoms with E-state index in [1.54, 1.807) is 22.3 Å². The van der Waals surface area contributed by atoms with Crippen LogP contribution in [0.15, 0.2) is 0 Å². The number of hydrogen-bond donors (Lipinski definition) is 0. The molecule has 1 nitrogen and oxygen atoms in total. The van der Waals surface area contributed by atoms with Gasteiger partial charge < -0.3 is 0 Å². The Morgan fingerprint density at radius 2 is 0.947 bits per heavy atom. The van der Waals surface area contributed by atoms with Gasteiger partial charge in [0.25, 0.3) is 0 Å². The Morgan fingerprint density at radius 1 is 0.632 bits per heavy atom. The van der Waals surface area contributed by atoms with Crippen molar-refractivity contribution < 1.29 is 4.79 Å². The summed E-state index contributed by atoms with van der Waals surface area (Å²) in [5.41, 5.74) is 0. The maximum absolute atomic E-state index is 10.8. The SMILES string of the molecule is CCCCCCCCCCCCCCCCC(=O)[Te]. The Balaban J connectivity index is 2.93. The van der Waals surface area contributed by atoms with Crippen LogP contribution in [-0.4, -0.2) is 26.1 Å². The molecule has 0 saturated carbocycles. The van der Waals surface area contributed by atoms with Crippen LogP contribution >= 0.6 is 0 Å². The number of hydrogen-bond acceptors (Lipinski definition) is 1. The number of carbonyl (C=O) groups is 1. The summed E-state index contributed by atoms with van der Waals surface area (Å²) < 4.78 is 0.356. The summed E-state index contributed by atoms with van der Waals surface area (Å²) in [6.45, 7) is 2.28. The molecule has 0 aromatic carbocycles. The number of unbranched alkanes of at least 4 members (excludes halogenated alkanes) is 13. The van der Waals surface area contributed by atoms with E-state index >= 15 is 0 Å². The van der Waals surface area contributed by atoms with Crippen molar-refractivity contribution in [2.24, 2.45) is 0 Å². The van der Waals surface area contributed by atoms with Crippen LogP contribution in [0.1, 0.15) is 103 Å². The predicted molar refractivity (Wildman–Crippen MR) is 85.7 cm³/mol. The van der Waals surface area contributed by atoms with Crippen LogP contribution in [0, 0.1) is 0 Å². The Morgan fingerprint density at radius 3 is 1.26 bits per heavy atom. The van der Waals surface area contributed by atoms with Crippen molar-refractivity contribution in [3.8, 4) is 0 Å². The van der Waals surface area contributed by atoms with Crippen LogP contribution in [0.4, 0.5) is 0 Å². The van der Waals surface area contributed by atoms with E-state index in [2.05, 4.69) is 6.92 Å². The minimum absolute atomic E-state index is 0.356. The molecule has 0 amide bonds. The standard InChI is InChI=1S/C17H33OTe/c1-2-3-4-5-6-7-8-9-10-11-12-13-14-15-16-17(18)19/h2-16H2,1H3. The average molecular weight is 381 g/mol.